The van der Waals surface area contributed by atoms with E-state index < -0.39 is 0 Å². The monoisotopic (exact) mass is 869 g/mol. The molecule has 0 fully saturated rings. The average Bonchev–Trinajstić information content (AvgIpc) is 3.30. The van der Waals surface area contributed by atoms with Crippen LogP contribution in [-0.4, -0.2) is 42.7 Å². The normalized spacial score (nSPS) is 9.98. The van der Waals surface area contributed by atoms with E-state index in [-0.39, 0.29) is 49.1 Å². The van der Waals surface area contributed by atoms with Crippen LogP contribution in [0.15, 0.2) is 127 Å². The van der Waals surface area contributed by atoms with E-state index in [4.69, 9.17) is 10.2 Å². The van der Waals surface area contributed by atoms with Gasteiger partial charge < -0.3 is 37.0 Å². The van der Waals surface area contributed by atoms with Gasteiger partial charge in [0.25, 0.3) is 0 Å². The van der Waals surface area contributed by atoms with E-state index in [0.29, 0.717) is 0 Å². The number of carbonyl (C=O) groups is 1. The molecule has 0 radical (unpaired) electrons. The standard InChI is InChI=1S/C23H31NO.C15H23NO.C9H12O.C6H5.BrH.Li/c1-3-5-17-24(18-6-4-2)23-15-13-21(14-16-23)8-7-20-9-11-22(19-25)12-10-20;1-3-5-11-16(12-6-4-2)15-9-7-14(13-17)8-10-15;1-2-8-3-5-9(7-10)6-4-8;1-2-4-6-5-3-1;;/h7-16,25H,3-6,17-19H2,1-2H3;7-10,13H,3-6,11-12H2,1-2H3;3-6,10H,2,7H2,1H3;1-5H;1H;/q;;;-1;;+1/p-1/b8-7+;;;;;. The van der Waals surface area contributed by atoms with E-state index in [1.165, 1.54) is 73.9 Å². The number of unbranched alkanes of at least 4 members (excludes halogenated alkanes) is 4. The molecule has 0 unspecified atom stereocenters. The van der Waals surface area contributed by atoms with Crippen molar-refractivity contribution in [2.75, 3.05) is 36.0 Å². The number of nitrogens with zero attached hydrogens (tertiary/aromatic N) is 2. The van der Waals surface area contributed by atoms with Gasteiger partial charge in [-0.15, -0.1) is 0 Å². The van der Waals surface area contributed by atoms with Gasteiger partial charge in [0.1, 0.15) is 6.29 Å². The SMILES string of the molecule is CCCCN(CCCC)c1ccc(/C=C/c2ccc(CO)cc2)cc1.CCCCN(CCCC)c1ccc(C=O)cc1.CCc1ccc(CO)cc1.[Br-].[Li+].[c-]1ccccc1. The summed E-state index contributed by atoms with van der Waals surface area (Å²) in [6.07, 6.45) is 16.0. The number of carbonyl (C=O) groups excluding carboxylic acids is 1. The maximum Gasteiger partial charge on any atom is 1.00 e. The van der Waals surface area contributed by atoms with E-state index in [1.807, 2.05) is 91.0 Å². The van der Waals surface area contributed by atoms with Crippen molar-refractivity contribution in [2.24, 2.45) is 0 Å². The third kappa shape index (κ3) is 24.4. The molecule has 60 heavy (non-hydrogen) atoms. The number of rotatable bonds is 20. The number of aldehydes is 1. The Morgan fingerprint density at radius 3 is 1.10 bits per heavy atom. The van der Waals surface area contributed by atoms with Crippen molar-refractivity contribution in [2.45, 2.75) is 106 Å². The van der Waals surface area contributed by atoms with Gasteiger partial charge in [-0.25, -0.2) is 0 Å². The van der Waals surface area contributed by atoms with Crippen molar-refractivity contribution < 1.29 is 50.8 Å². The summed E-state index contributed by atoms with van der Waals surface area (Å²) >= 11 is 0. The molecule has 0 saturated heterocycles. The molecule has 5 rings (SSSR count). The summed E-state index contributed by atoms with van der Waals surface area (Å²) in [6.45, 7) is 15.8. The largest absolute Gasteiger partial charge is 1.00 e. The van der Waals surface area contributed by atoms with Crippen LogP contribution in [0.25, 0.3) is 12.2 Å². The number of aliphatic hydroxyl groups is 2. The Morgan fingerprint density at radius 2 is 0.817 bits per heavy atom. The first-order valence-corrected chi connectivity index (χ1v) is 21.6. The zero-order valence-corrected chi connectivity index (χ0v) is 39.1. The molecule has 2 N–H and O–H groups in total. The first-order valence-electron chi connectivity index (χ1n) is 21.6. The van der Waals surface area contributed by atoms with Crippen LogP contribution in [0.2, 0.25) is 0 Å². The molecule has 0 aliphatic rings. The first-order chi connectivity index (χ1) is 28.4. The molecule has 0 aliphatic heterocycles. The van der Waals surface area contributed by atoms with Crippen LogP contribution in [-0.2, 0) is 19.6 Å². The van der Waals surface area contributed by atoms with Crippen molar-refractivity contribution in [3.05, 3.63) is 167 Å². The summed E-state index contributed by atoms with van der Waals surface area (Å²) in [5.41, 5.74) is 8.91. The number of hydrogen-bond donors (Lipinski definition) is 2. The summed E-state index contributed by atoms with van der Waals surface area (Å²) in [5, 5.41) is 17.8. The Bertz CT molecular complexity index is 1670. The Morgan fingerprint density at radius 1 is 0.483 bits per heavy atom. The summed E-state index contributed by atoms with van der Waals surface area (Å²) in [7, 11) is 0. The van der Waals surface area contributed by atoms with Gasteiger partial charge in [0.2, 0.25) is 0 Å². The third-order valence-corrected chi connectivity index (χ3v) is 9.63. The summed E-state index contributed by atoms with van der Waals surface area (Å²) in [4.78, 5) is 15.5. The van der Waals surface area contributed by atoms with Gasteiger partial charge in [0.15, 0.2) is 0 Å². The van der Waals surface area contributed by atoms with Gasteiger partial charge in [0, 0.05) is 43.1 Å². The van der Waals surface area contributed by atoms with Crippen molar-refractivity contribution >= 4 is 29.8 Å². The van der Waals surface area contributed by atoms with Gasteiger partial charge in [-0.2, -0.15) is 36.4 Å². The molecule has 0 heterocycles. The number of anilines is 2. The maximum absolute atomic E-state index is 10.6. The minimum Gasteiger partial charge on any atom is -1.00 e. The van der Waals surface area contributed by atoms with E-state index in [9.17, 15) is 4.79 Å². The molecule has 0 spiro atoms. The number of aryl methyl sites for hydroxylation is 1. The second kappa shape index (κ2) is 36.9. The number of hydrogen-bond acceptors (Lipinski definition) is 5. The maximum atomic E-state index is 10.6. The number of benzene rings is 5. The molecule has 0 amide bonds. The minimum absolute atomic E-state index is 0. The van der Waals surface area contributed by atoms with Gasteiger partial charge in [0.05, 0.1) is 13.2 Å². The van der Waals surface area contributed by atoms with Crippen LogP contribution in [0.1, 0.15) is 124 Å². The first kappa shape index (κ1) is 56.1. The van der Waals surface area contributed by atoms with Gasteiger partial charge in [-0.05, 0) is 96.3 Å². The van der Waals surface area contributed by atoms with Crippen molar-refractivity contribution in [3.8, 4) is 0 Å². The molecule has 320 valence electrons. The third-order valence-electron chi connectivity index (χ3n) is 9.63. The molecule has 0 aliphatic carbocycles. The fraction of sp³-hybridized carbons (Fsp3) is 0.377. The second-order valence-electron chi connectivity index (χ2n) is 14.3. The fourth-order valence-corrected chi connectivity index (χ4v) is 5.84. The number of halogens is 1. The minimum atomic E-state index is 0. The quantitative estimate of drug-likeness (QED) is 0.0386. The molecular formula is C53H71BrLiN2O3-. The van der Waals surface area contributed by atoms with Crippen molar-refractivity contribution in [1.29, 1.82) is 0 Å². The molecule has 5 aromatic carbocycles. The molecule has 5 aromatic rings. The molecular weight excluding hydrogens is 799 g/mol. The van der Waals surface area contributed by atoms with Gasteiger partial charge in [-0.1, -0.05) is 133 Å². The van der Waals surface area contributed by atoms with Crippen molar-refractivity contribution in [1.82, 2.24) is 0 Å². The zero-order chi connectivity index (χ0) is 42.1. The predicted octanol–water partition coefficient (Wildman–Crippen LogP) is 6.90. The van der Waals surface area contributed by atoms with Crippen molar-refractivity contribution in [3.63, 3.8) is 0 Å². The Hall–Kier alpha value is -3.89. The van der Waals surface area contributed by atoms with E-state index in [2.05, 4.69) is 99.0 Å². The van der Waals surface area contributed by atoms with Gasteiger partial charge >= 0.3 is 18.9 Å². The predicted molar refractivity (Wildman–Crippen MR) is 251 cm³/mol. The van der Waals surface area contributed by atoms with E-state index >= 15 is 0 Å². The Balaban J connectivity index is 0.000000855. The van der Waals surface area contributed by atoms with Crippen LogP contribution in [0.3, 0.4) is 0 Å². The zero-order valence-electron chi connectivity index (χ0n) is 37.5. The fourth-order valence-electron chi connectivity index (χ4n) is 5.84. The molecule has 0 bridgehead atoms. The second-order valence-corrected chi connectivity index (χ2v) is 14.3. The van der Waals surface area contributed by atoms with E-state index in [0.717, 1.165) is 61.1 Å². The molecule has 0 atom stereocenters. The molecule has 7 heteroatoms. The average molecular weight is 871 g/mol. The Kier molecular flexibility index (Phi) is 34.5. The summed E-state index contributed by atoms with van der Waals surface area (Å²) < 4.78 is 0. The van der Waals surface area contributed by atoms with Crippen LogP contribution < -0.4 is 45.6 Å². The molecule has 0 aromatic heterocycles. The van der Waals surface area contributed by atoms with Crippen LogP contribution in [0.5, 0.6) is 0 Å². The molecule has 0 saturated carbocycles. The smallest absolute Gasteiger partial charge is 1.00 e. The van der Waals surface area contributed by atoms with Crippen LogP contribution in [0.4, 0.5) is 11.4 Å². The summed E-state index contributed by atoms with van der Waals surface area (Å²) in [5.74, 6) is 0. The van der Waals surface area contributed by atoms with E-state index in [1.54, 1.807) is 0 Å². The van der Waals surface area contributed by atoms with Gasteiger partial charge in [-0.3, -0.25) is 4.79 Å². The Labute approximate surface area is 386 Å². The van der Waals surface area contributed by atoms with Crippen LogP contribution in [0, 0.1) is 6.07 Å². The number of aliphatic hydroxyl groups excluding tert-OH is 2. The van der Waals surface area contributed by atoms with Crippen LogP contribution >= 0.6 is 0 Å². The molecule has 5 nitrogen and oxygen atoms in total. The topological polar surface area (TPSA) is 64.0 Å². The summed E-state index contributed by atoms with van der Waals surface area (Å²) in [6, 6.07) is 45.3.